The first-order valence-corrected chi connectivity index (χ1v) is 17.8. The van der Waals surface area contributed by atoms with Crippen LogP contribution < -0.4 is 9.62 Å². The van der Waals surface area contributed by atoms with Gasteiger partial charge < -0.3 is 10.2 Å². The van der Waals surface area contributed by atoms with Crippen molar-refractivity contribution in [2.75, 3.05) is 17.4 Å². The molecule has 4 aromatic carbocycles. The maximum absolute atomic E-state index is 14.6. The van der Waals surface area contributed by atoms with E-state index in [2.05, 4.69) is 5.32 Å². The zero-order chi connectivity index (χ0) is 34.3. The third-order valence-electron chi connectivity index (χ3n) is 7.37. The number of hydrogen-bond acceptors (Lipinski definition) is 4. The molecular weight excluding hydrogens is 700 g/mol. The fraction of sp³-hybridized carbons (Fsp3) is 0.257. The van der Waals surface area contributed by atoms with Crippen LogP contribution in [0.1, 0.15) is 30.5 Å². The number of rotatable bonds is 13. The molecule has 0 aliphatic heterocycles. The number of benzene rings is 4. The Balaban J connectivity index is 1.86. The van der Waals surface area contributed by atoms with Crippen LogP contribution >= 0.6 is 46.4 Å². The molecule has 2 amide bonds. The Labute approximate surface area is 296 Å². The predicted molar refractivity (Wildman–Crippen MR) is 191 cm³/mol. The molecule has 4 aromatic rings. The molecule has 47 heavy (non-hydrogen) atoms. The fourth-order valence-electron chi connectivity index (χ4n) is 4.88. The van der Waals surface area contributed by atoms with E-state index in [1.807, 2.05) is 51.1 Å². The first-order chi connectivity index (χ1) is 22.3. The number of carbonyl (C=O) groups excluding carboxylic acids is 2. The summed E-state index contributed by atoms with van der Waals surface area (Å²) in [5.74, 6) is -0.938. The maximum Gasteiger partial charge on any atom is 0.264 e. The largest absolute Gasteiger partial charge is 0.354 e. The molecule has 248 valence electrons. The Morgan fingerprint density at radius 2 is 1.40 bits per heavy atom. The van der Waals surface area contributed by atoms with E-state index in [1.165, 1.54) is 35.2 Å². The van der Waals surface area contributed by atoms with E-state index < -0.39 is 34.4 Å². The number of amides is 2. The van der Waals surface area contributed by atoms with Gasteiger partial charge in [0.25, 0.3) is 10.0 Å². The Morgan fingerprint density at radius 3 is 1.98 bits per heavy atom. The molecule has 0 aromatic heterocycles. The van der Waals surface area contributed by atoms with Crippen molar-refractivity contribution in [1.29, 1.82) is 0 Å². The van der Waals surface area contributed by atoms with Crippen LogP contribution in [0.25, 0.3) is 0 Å². The molecule has 0 saturated carbocycles. The van der Waals surface area contributed by atoms with Gasteiger partial charge in [0.05, 0.1) is 10.6 Å². The summed E-state index contributed by atoms with van der Waals surface area (Å²) in [4.78, 5) is 29.8. The second-order valence-electron chi connectivity index (χ2n) is 11.5. The summed E-state index contributed by atoms with van der Waals surface area (Å²) in [6, 6.07) is 23.7. The number of nitrogens with zero attached hydrogens (tertiary/aromatic N) is 2. The van der Waals surface area contributed by atoms with E-state index in [0.29, 0.717) is 22.2 Å². The highest BCUT2D eigenvalue weighted by Gasteiger charge is 2.35. The summed E-state index contributed by atoms with van der Waals surface area (Å²) in [7, 11) is -4.33. The summed E-state index contributed by atoms with van der Waals surface area (Å²) in [6.07, 6.45) is 0.145. The first-order valence-electron chi connectivity index (χ1n) is 14.9. The summed E-state index contributed by atoms with van der Waals surface area (Å²) in [6.45, 7) is 5.28. The van der Waals surface area contributed by atoms with Gasteiger partial charge in [-0.15, -0.1) is 0 Å². The topological polar surface area (TPSA) is 86.8 Å². The van der Waals surface area contributed by atoms with Crippen molar-refractivity contribution < 1.29 is 18.0 Å². The Bertz CT molecular complexity index is 1780. The molecule has 4 rings (SSSR count). The smallest absolute Gasteiger partial charge is 0.264 e. The van der Waals surface area contributed by atoms with Crippen LogP contribution in [0.4, 0.5) is 5.69 Å². The second kappa shape index (κ2) is 16.2. The molecule has 0 spiro atoms. The molecule has 0 saturated heterocycles. The van der Waals surface area contributed by atoms with Crippen molar-refractivity contribution in [2.24, 2.45) is 5.92 Å². The van der Waals surface area contributed by atoms with Gasteiger partial charge in [0.1, 0.15) is 12.6 Å². The van der Waals surface area contributed by atoms with Gasteiger partial charge in [-0.3, -0.25) is 13.9 Å². The number of aryl methyl sites for hydroxylation is 1. The van der Waals surface area contributed by atoms with Gasteiger partial charge in [-0.2, -0.15) is 0 Å². The molecule has 0 radical (unpaired) electrons. The zero-order valence-electron chi connectivity index (χ0n) is 26.1. The summed E-state index contributed by atoms with van der Waals surface area (Å²) in [5.41, 5.74) is 2.15. The minimum atomic E-state index is -4.33. The first kappa shape index (κ1) is 36.6. The lowest BCUT2D eigenvalue weighted by Crippen LogP contribution is -2.53. The number of sulfonamides is 1. The number of anilines is 1. The van der Waals surface area contributed by atoms with Crippen LogP contribution in [0.5, 0.6) is 0 Å². The Morgan fingerprint density at radius 1 is 0.809 bits per heavy atom. The van der Waals surface area contributed by atoms with Gasteiger partial charge in [-0.25, -0.2) is 8.42 Å². The van der Waals surface area contributed by atoms with E-state index in [-0.39, 0.29) is 39.5 Å². The van der Waals surface area contributed by atoms with Gasteiger partial charge in [0, 0.05) is 45.2 Å². The van der Waals surface area contributed by atoms with Crippen molar-refractivity contribution in [3.05, 3.63) is 128 Å². The minimum absolute atomic E-state index is 0.0387. The third kappa shape index (κ3) is 9.64. The van der Waals surface area contributed by atoms with Crippen LogP contribution in [0, 0.1) is 12.8 Å². The molecule has 1 unspecified atom stereocenters. The van der Waals surface area contributed by atoms with Crippen LogP contribution in [0.2, 0.25) is 20.1 Å². The highest BCUT2D eigenvalue weighted by molar-refractivity contribution is 7.92. The van der Waals surface area contributed by atoms with E-state index in [1.54, 1.807) is 30.3 Å². The van der Waals surface area contributed by atoms with Crippen molar-refractivity contribution in [1.82, 2.24) is 10.2 Å². The summed E-state index contributed by atoms with van der Waals surface area (Å²) >= 11 is 25.8. The number of nitrogens with one attached hydrogen (secondary N) is 1. The average molecular weight is 736 g/mol. The van der Waals surface area contributed by atoms with Crippen molar-refractivity contribution in [3.8, 4) is 0 Å². The lowest BCUT2D eigenvalue weighted by molar-refractivity contribution is -0.140. The van der Waals surface area contributed by atoms with Gasteiger partial charge >= 0.3 is 0 Å². The molecular formula is C35H35Cl4N3O4S. The highest BCUT2D eigenvalue weighted by atomic mass is 35.5. The third-order valence-corrected chi connectivity index (χ3v) is 10.3. The van der Waals surface area contributed by atoms with Crippen molar-refractivity contribution >= 4 is 73.9 Å². The number of carbonyl (C=O) groups is 2. The maximum atomic E-state index is 14.6. The molecule has 7 nitrogen and oxygen atoms in total. The van der Waals surface area contributed by atoms with Gasteiger partial charge in [-0.05, 0) is 60.9 Å². The lowest BCUT2D eigenvalue weighted by atomic mass is 10.0. The molecule has 12 heteroatoms. The quantitative estimate of drug-likeness (QED) is 0.150. The average Bonchev–Trinajstić information content (AvgIpc) is 3.01. The Hall–Kier alpha value is -3.27. The molecule has 1 atom stereocenters. The van der Waals surface area contributed by atoms with Crippen molar-refractivity contribution in [3.63, 3.8) is 0 Å². The van der Waals surface area contributed by atoms with Crippen LogP contribution in [0.15, 0.2) is 95.9 Å². The van der Waals surface area contributed by atoms with E-state index in [0.717, 1.165) is 15.4 Å². The highest BCUT2D eigenvalue weighted by Crippen LogP contribution is 2.31. The van der Waals surface area contributed by atoms with Gasteiger partial charge in [-0.1, -0.05) is 114 Å². The second-order valence-corrected chi connectivity index (χ2v) is 15.1. The SMILES string of the molecule is Cc1ccc(S(=O)(=O)N(CC(=O)N(Cc2c(Cl)cccc2Cl)C(Cc2ccccc2)C(=O)NCC(C)C)c2cc(Cl)cc(Cl)c2)cc1. The van der Waals surface area contributed by atoms with Crippen molar-refractivity contribution in [2.45, 2.75) is 44.7 Å². The molecule has 1 N–H and O–H groups in total. The molecule has 0 bridgehead atoms. The summed E-state index contributed by atoms with van der Waals surface area (Å²) < 4.78 is 29.4. The lowest BCUT2D eigenvalue weighted by Gasteiger charge is -2.34. The van der Waals surface area contributed by atoms with E-state index >= 15 is 0 Å². The fourth-order valence-corrected chi connectivity index (χ4v) is 7.31. The molecule has 0 aliphatic carbocycles. The number of halogens is 4. The summed E-state index contributed by atoms with van der Waals surface area (Å²) in [5, 5.41) is 3.89. The standard InChI is InChI=1S/C35H35Cl4N3O4S/c1-23(2)20-40-35(44)33(16-25-8-5-4-6-9-25)41(21-30-31(38)10-7-11-32(30)39)34(43)22-42(28-18-26(36)17-27(37)19-28)47(45,46)29-14-12-24(3)13-15-29/h4-15,17-19,23,33H,16,20-22H2,1-3H3,(H,40,44). The van der Waals surface area contributed by atoms with Gasteiger partial charge in [0.2, 0.25) is 11.8 Å². The monoisotopic (exact) mass is 733 g/mol. The van der Waals surface area contributed by atoms with Crippen LogP contribution in [-0.2, 0) is 32.6 Å². The van der Waals surface area contributed by atoms with E-state index in [4.69, 9.17) is 46.4 Å². The minimum Gasteiger partial charge on any atom is -0.354 e. The predicted octanol–water partition coefficient (Wildman–Crippen LogP) is 8.22. The Kier molecular flexibility index (Phi) is 12.6. The zero-order valence-corrected chi connectivity index (χ0v) is 29.9. The van der Waals surface area contributed by atoms with Crippen LogP contribution in [-0.4, -0.2) is 44.3 Å². The normalized spacial score (nSPS) is 12.1. The number of hydrogen-bond donors (Lipinski definition) is 1. The molecule has 0 fully saturated rings. The molecule has 0 heterocycles. The van der Waals surface area contributed by atoms with Crippen LogP contribution in [0.3, 0.4) is 0 Å². The van der Waals surface area contributed by atoms with Gasteiger partial charge in [0.15, 0.2) is 0 Å². The van der Waals surface area contributed by atoms with E-state index in [9.17, 15) is 18.0 Å². The molecule has 0 aliphatic rings.